The van der Waals surface area contributed by atoms with Gasteiger partial charge in [0.05, 0.1) is 0 Å². The van der Waals surface area contributed by atoms with E-state index in [4.69, 9.17) is 0 Å². The van der Waals surface area contributed by atoms with E-state index >= 15 is 0 Å². The highest BCUT2D eigenvalue weighted by Gasteiger charge is 2.22. The van der Waals surface area contributed by atoms with E-state index in [1.54, 1.807) is 0 Å². The van der Waals surface area contributed by atoms with E-state index in [-0.39, 0.29) is 5.91 Å². The van der Waals surface area contributed by atoms with Crippen LogP contribution < -0.4 is 10.6 Å². The van der Waals surface area contributed by atoms with Gasteiger partial charge in [-0.15, -0.1) is 0 Å². The molecule has 1 heterocycles. The number of benzene rings is 2. The van der Waals surface area contributed by atoms with Gasteiger partial charge in [-0.2, -0.15) is 0 Å². The topological polar surface area (TPSA) is 41.1 Å². The molecule has 24 heavy (non-hydrogen) atoms. The average molecular weight is 322 g/mol. The molecule has 2 atom stereocenters. The first-order valence-electron chi connectivity index (χ1n) is 8.76. The molecule has 0 spiro atoms. The van der Waals surface area contributed by atoms with Crippen LogP contribution in [0.2, 0.25) is 0 Å². The molecule has 1 amide bonds. The van der Waals surface area contributed by atoms with E-state index in [1.165, 1.54) is 16.7 Å². The van der Waals surface area contributed by atoms with Crippen molar-refractivity contribution in [3.05, 3.63) is 59.7 Å². The second kappa shape index (κ2) is 7.63. The molecule has 0 bridgehead atoms. The van der Waals surface area contributed by atoms with Crippen molar-refractivity contribution in [2.45, 2.75) is 39.3 Å². The van der Waals surface area contributed by atoms with E-state index in [0.29, 0.717) is 24.9 Å². The summed E-state index contributed by atoms with van der Waals surface area (Å²) in [6, 6.07) is 17.5. The number of aryl methyl sites for hydroxylation is 1. The maximum atomic E-state index is 12.1. The standard InChI is InChI=1S/C21H26N2O/c1-15-4-3-5-20(10-15)19-8-6-17(7-9-19)13-23-21(24)12-18-11-16(2)22-14-18/h3-10,16,18,22H,11-14H2,1-2H3,(H,23,24). The third-order valence-electron chi connectivity index (χ3n) is 4.71. The Kier molecular flexibility index (Phi) is 5.31. The Hall–Kier alpha value is -2.13. The lowest BCUT2D eigenvalue weighted by molar-refractivity contribution is -0.122. The summed E-state index contributed by atoms with van der Waals surface area (Å²) in [6.45, 7) is 5.84. The van der Waals surface area contributed by atoms with Crippen molar-refractivity contribution in [1.29, 1.82) is 0 Å². The lowest BCUT2D eigenvalue weighted by Gasteiger charge is -2.10. The Morgan fingerprint density at radius 1 is 1.17 bits per heavy atom. The van der Waals surface area contributed by atoms with E-state index in [0.717, 1.165) is 18.5 Å². The summed E-state index contributed by atoms with van der Waals surface area (Å²) < 4.78 is 0. The zero-order valence-electron chi connectivity index (χ0n) is 14.5. The summed E-state index contributed by atoms with van der Waals surface area (Å²) >= 11 is 0. The van der Waals surface area contributed by atoms with Gasteiger partial charge in [0.15, 0.2) is 0 Å². The first-order chi connectivity index (χ1) is 11.6. The van der Waals surface area contributed by atoms with Crippen LogP contribution in [0.4, 0.5) is 0 Å². The smallest absolute Gasteiger partial charge is 0.220 e. The lowest BCUT2D eigenvalue weighted by Crippen LogP contribution is -2.25. The van der Waals surface area contributed by atoms with Crippen LogP contribution in [0.3, 0.4) is 0 Å². The van der Waals surface area contributed by atoms with E-state index in [2.05, 4.69) is 73.0 Å². The van der Waals surface area contributed by atoms with Gasteiger partial charge in [0.25, 0.3) is 0 Å². The van der Waals surface area contributed by atoms with Gasteiger partial charge in [-0.1, -0.05) is 54.1 Å². The highest BCUT2D eigenvalue weighted by atomic mass is 16.1. The molecule has 2 N–H and O–H groups in total. The lowest BCUT2D eigenvalue weighted by atomic mass is 10.0. The molecule has 1 aliphatic rings. The molecule has 1 saturated heterocycles. The van der Waals surface area contributed by atoms with E-state index in [9.17, 15) is 4.79 Å². The van der Waals surface area contributed by atoms with Crippen molar-refractivity contribution in [1.82, 2.24) is 10.6 Å². The summed E-state index contributed by atoms with van der Waals surface area (Å²) in [5, 5.41) is 6.44. The van der Waals surface area contributed by atoms with E-state index in [1.807, 2.05) is 0 Å². The third kappa shape index (κ3) is 4.45. The van der Waals surface area contributed by atoms with Crippen LogP contribution in [0.5, 0.6) is 0 Å². The van der Waals surface area contributed by atoms with Crippen molar-refractivity contribution >= 4 is 5.91 Å². The second-order valence-electron chi connectivity index (χ2n) is 6.96. The van der Waals surface area contributed by atoms with Crippen LogP contribution in [0.1, 0.15) is 30.9 Å². The first-order valence-corrected chi connectivity index (χ1v) is 8.76. The zero-order valence-corrected chi connectivity index (χ0v) is 14.5. The minimum Gasteiger partial charge on any atom is -0.352 e. The molecule has 3 nitrogen and oxygen atoms in total. The Balaban J connectivity index is 1.52. The SMILES string of the molecule is Cc1cccc(-c2ccc(CNC(=O)CC3CNC(C)C3)cc2)c1. The highest BCUT2D eigenvalue weighted by Crippen LogP contribution is 2.21. The fourth-order valence-corrected chi connectivity index (χ4v) is 3.36. The molecule has 0 saturated carbocycles. The summed E-state index contributed by atoms with van der Waals surface area (Å²) in [6.07, 6.45) is 1.72. The van der Waals surface area contributed by atoms with Crippen LogP contribution in [-0.4, -0.2) is 18.5 Å². The fraction of sp³-hybridized carbons (Fsp3) is 0.381. The van der Waals surface area contributed by atoms with Crippen LogP contribution in [0, 0.1) is 12.8 Å². The maximum absolute atomic E-state index is 12.1. The van der Waals surface area contributed by atoms with Crippen LogP contribution in [-0.2, 0) is 11.3 Å². The average Bonchev–Trinajstić information content (AvgIpc) is 2.98. The highest BCUT2D eigenvalue weighted by molar-refractivity contribution is 5.76. The van der Waals surface area contributed by atoms with Crippen LogP contribution in [0.15, 0.2) is 48.5 Å². The molecule has 2 unspecified atom stereocenters. The van der Waals surface area contributed by atoms with Gasteiger partial charge in [0.2, 0.25) is 5.91 Å². The largest absolute Gasteiger partial charge is 0.352 e. The number of carbonyl (C=O) groups is 1. The number of amides is 1. The normalized spacial score (nSPS) is 20.1. The van der Waals surface area contributed by atoms with Crippen molar-refractivity contribution in [3.8, 4) is 11.1 Å². The quantitative estimate of drug-likeness (QED) is 0.882. The molecule has 3 rings (SSSR count). The summed E-state index contributed by atoms with van der Waals surface area (Å²) in [5.74, 6) is 0.627. The predicted octanol–water partition coefficient (Wildman–Crippen LogP) is 3.67. The Labute approximate surface area is 144 Å². The predicted molar refractivity (Wildman–Crippen MR) is 98.7 cm³/mol. The van der Waals surface area contributed by atoms with Crippen molar-refractivity contribution < 1.29 is 4.79 Å². The van der Waals surface area contributed by atoms with Gasteiger partial charge in [-0.3, -0.25) is 4.79 Å². The Morgan fingerprint density at radius 2 is 1.96 bits per heavy atom. The Bertz CT molecular complexity index is 693. The van der Waals surface area contributed by atoms with Gasteiger partial charge in [-0.05, 0) is 49.4 Å². The molecule has 1 aliphatic heterocycles. The van der Waals surface area contributed by atoms with Crippen molar-refractivity contribution in [2.24, 2.45) is 5.92 Å². The second-order valence-corrected chi connectivity index (χ2v) is 6.96. The molecule has 3 heteroatoms. The summed E-state index contributed by atoms with van der Waals surface area (Å²) in [4.78, 5) is 12.1. The van der Waals surface area contributed by atoms with Crippen LogP contribution >= 0.6 is 0 Å². The monoisotopic (exact) mass is 322 g/mol. The minimum atomic E-state index is 0.152. The molecule has 2 aromatic rings. The first kappa shape index (κ1) is 16.7. The van der Waals surface area contributed by atoms with Gasteiger partial charge in [-0.25, -0.2) is 0 Å². The zero-order chi connectivity index (χ0) is 16.9. The molecule has 0 radical (unpaired) electrons. The van der Waals surface area contributed by atoms with Gasteiger partial charge in [0.1, 0.15) is 0 Å². The molecule has 2 aromatic carbocycles. The number of carbonyl (C=O) groups excluding carboxylic acids is 1. The Morgan fingerprint density at radius 3 is 2.62 bits per heavy atom. The molecule has 0 aliphatic carbocycles. The van der Waals surface area contributed by atoms with Gasteiger partial charge >= 0.3 is 0 Å². The van der Waals surface area contributed by atoms with Crippen LogP contribution in [0.25, 0.3) is 11.1 Å². The third-order valence-corrected chi connectivity index (χ3v) is 4.71. The molecular weight excluding hydrogens is 296 g/mol. The maximum Gasteiger partial charge on any atom is 0.220 e. The summed E-state index contributed by atoms with van der Waals surface area (Å²) in [7, 11) is 0. The number of hydrogen-bond donors (Lipinski definition) is 2. The van der Waals surface area contributed by atoms with Crippen molar-refractivity contribution in [3.63, 3.8) is 0 Å². The molecule has 0 aromatic heterocycles. The van der Waals surface area contributed by atoms with E-state index < -0.39 is 0 Å². The van der Waals surface area contributed by atoms with Gasteiger partial charge in [0, 0.05) is 19.0 Å². The fourth-order valence-electron chi connectivity index (χ4n) is 3.36. The van der Waals surface area contributed by atoms with Gasteiger partial charge < -0.3 is 10.6 Å². The molecule has 126 valence electrons. The number of rotatable bonds is 5. The molecular formula is C21H26N2O. The number of hydrogen-bond acceptors (Lipinski definition) is 2. The minimum absolute atomic E-state index is 0.152. The van der Waals surface area contributed by atoms with Crippen molar-refractivity contribution in [2.75, 3.05) is 6.54 Å². The summed E-state index contributed by atoms with van der Waals surface area (Å²) in [5.41, 5.74) is 4.84. The number of nitrogens with one attached hydrogen (secondary N) is 2. The molecule has 1 fully saturated rings.